The Morgan fingerprint density at radius 1 is 1.21 bits per heavy atom. The van der Waals surface area contributed by atoms with Crippen LogP contribution in [0.3, 0.4) is 0 Å². The van der Waals surface area contributed by atoms with E-state index in [1.54, 1.807) is 0 Å². The van der Waals surface area contributed by atoms with Gasteiger partial charge in [-0.25, -0.2) is 0 Å². The Morgan fingerprint density at radius 2 is 1.96 bits per heavy atom. The quantitative estimate of drug-likeness (QED) is 0.278. The highest BCUT2D eigenvalue weighted by molar-refractivity contribution is 5.75. The van der Waals surface area contributed by atoms with Gasteiger partial charge in [-0.1, -0.05) is 76.6 Å². The summed E-state index contributed by atoms with van der Waals surface area (Å²) in [4.78, 5) is 0. The Balaban J connectivity index is 2.94. The largest absolute Gasteiger partial charge is 0.398 e. The molecule has 0 saturated heterocycles. The van der Waals surface area contributed by atoms with Gasteiger partial charge in [0.25, 0.3) is 0 Å². The van der Waals surface area contributed by atoms with Crippen molar-refractivity contribution in [3.63, 3.8) is 0 Å². The van der Waals surface area contributed by atoms with E-state index in [2.05, 4.69) is 70.7 Å². The second-order valence-electron chi connectivity index (χ2n) is 7.28. The molecule has 0 atom stereocenters. The third kappa shape index (κ3) is 6.78. The van der Waals surface area contributed by atoms with Crippen molar-refractivity contribution in [3.8, 4) is 0 Å². The fourth-order valence-electron chi connectivity index (χ4n) is 2.86. The van der Waals surface area contributed by atoms with Crippen molar-refractivity contribution in [3.05, 3.63) is 53.6 Å². The highest BCUT2D eigenvalue weighted by Crippen LogP contribution is 2.29. The molecule has 0 bridgehead atoms. The Kier molecular flexibility index (Phi) is 8.60. The van der Waals surface area contributed by atoms with Crippen molar-refractivity contribution in [1.29, 1.82) is 0 Å². The number of anilines is 1. The lowest BCUT2D eigenvalue weighted by atomic mass is 9.86. The van der Waals surface area contributed by atoms with Crippen LogP contribution in [0.4, 0.5) is 5.69 Å². The third-order valence-corrected chi connectivity index (χ3v) is 4.48. The first-order valence-electron chi connectivity index (χ1n) is 9.28. The van der Waals surface area contributed by atoms with Crippen molar-refractivity contribution in [1.82, 2.24) is 0 Å². The predicted octanol–water partition coefficient (Wildman–Crippen LogP) is 7.04. The summed E-state index contributed by atoms with van der Waals surface area (Å²) >= 11 is 0. The van der Waals surface area contributed by atoms with Gasteiger partial charge < -0.3 is 5.73 Å². The molecule has 0 unspecified atom stereocenters. The normalized spacial score (nSPS) is 12.3. The molecule has 0 aliphatic heterocycles. The van der Waals surface area contributed by atoms with Gasteiger partial charge in [-0.2, -0.15) is 0 Å². The second-order valence-corrected chi connectivity index (χ2v) is 7.28. The Morgan fingerprint density at radius 3 is 2.58 bits per heavy atom. The van der Waals surface area contributed by atoms with Gasteiger partial charge in [-0.15, -0.1) is 0 Å². The molecule has 0 aliphatic carbocycles. The van der Waals surface area contributed by atoms with Crippen LogP contribution in [0.25, 0.3) is 12.2 Å². The number of hydrogen-bond acceptors (Lipinski definition) is 1. The SMILES string of the molecule is C=Cc1cc(CCCCC)cc(N)c1/C=C\C(C)(C)CC/C=C\C. The summed E-state index contributed by atoms with van der Waals surface area (Å²) in [6.45, 7) is 12.8. The standard InChI is InChI=1S/C23H35N/c1-6-9-11-13-19-17-20(8-3)21(22(24)18-19)14-16-23(4,5)15-12-10-7-2/h7-8,10,14,16-18H,3,6,9,11-13,15,24H2,1-2,4-5H3/b10-7-,16-14-. The zero-order chi connectivity index (χ0) is 18.0. The van der Waals surface area contributed by atoms with Crippen LogP contribution in [0.15, 0.2) is 36.9 Å². The zero-order valence-electron chi connectivity index (χ0n) is 16.1. The Bertz CT molecular complexity index is 576. The highest BCUT2D eigenvalue weighted by atomic mass is 14.6. The van der Waals surface area contributed by atoms with E-state index in [0.29, 0.717) is 0 Å². The number of unbranched alkanes of at least 4 members (excludes halogenated alkanes) is 2. The van der Waals surface area contributed by atoms with Crippen LogP contribution in [0, 0.1) is 5.41 Å². The van der Waals surface area contributed by atoms with E-state index in [1.807, 2.05) is 6.08 Å². The fourth-order valence-corrected chi connectivity index (χ4v) is 2.86. The second kappa shape index (κ2) is 10.2. The molecule has 1 nitrogen and oxygen atoms in total. The number of aryl methyl sites for hydroxylation is 1. The molecular weight excluding hydrogens is 290 g/mol. The van der Waals surface area contributed by atoms with Crippen LogP contribution < -0.4 is 5.73 Å². The van der Waals surface area contributed by atoms with Crippen molar-refractivity contribution in [2.24, 2.45) is 5.41 Å². The van der Waals surface area contributed by atoms with Gasteiger partial charge in [0.2, 0.25) is 0 Å². The number of nitrogen functional groups attached to an aromatic ring is 1. The summed E-state index contributed by atoms with van der Waals surface area (Å²) in [7, 11) is 0. The molecule has 1 aromatic carbocycles. The van der Waals surface area contributed by atoms with Crippen LogP contribution in [0.1, 0.15) is 76.5 Å². The lowest BCUT2D eigenvalue weighted by molar-refractivity contribution is 0.444. The third-order valence-electron chi connectivity index (χ3n) is 4.48. The van der Waals surface area contributed by atoms with Gasteiger partial charge in [0, 0.05) is 11.3 Å². The summed E-state index contributed by atoms with van der Waals surface area (Å²) in [5, 5.41) is 0. The van der Waals surface area contributed by atoms with E-state index in [9.17, 15) is 0 Å². The minimum absolute atomic E-state index is 0.157. The number of allylic oxidation sites excluding steroid dienone is 3. The van der Waals surface area contributed by atoms with Crippen LogP contribution in [-0.4, -0.2) is 0 Å². The maximum atomic E-state index is 6.34. The summed E-state index contributed by atoms with van der Waals surface area (Å²) < 4.78 is 0. The Hall–Kier alpha value is -1.76. The van der Waals surface area contributed by atoms with Crippen LogP contribution in [0.5, 0.6) is 0 Å². The number of rotatable bonds is 10. The first-order valence-corrected chi connectivity index (χ1v) is 9.28. The van der Waals surface area contributed by atoms with Crippen molar-refractivity contribution >= 4 is 17.8 Å². The van der Waals surface area contributed by atoms with Gasteiger partial charge in [0.1, 0.15) is 0 Å². The monoisotopic (exact) mass is 325 g/mol. The lowest BCUT2D eigenvalue weighted by Gasteiger charge is -2.19. The summed E-state index contributed by atoms with van der Waals surface area (Å²) in [5.41, 5.74) is 10.9. The van der Waals surface area contributed by atoms with E-state index >= 15 is 0 Å². The molecular formula is C23H35N. The molecule has 132 valence electrons. The molecule has 0 fully saturated rings. The maximum Gasteiger partial charge on any atom is 0.0396 e. The molecule has 0 amide bonds. The molecule has 2 N–H and O–H groups in total. The molecule has 24 heavy (non-hydrogen) atoms. The fraction of sp³-hybridized carbons (Fsp3) is 0.478. The highest BCUT2D eigenvalue weighted by Gasteiger charge is 2.13. The summed E-state index contributed by atoms with van der Waals surface area (Å²) in [6.07, 6.45) is 17.8. The van der Waals surface area contributed by atoms with E-state index in [-0.39, 0.29) is 5.41 Å². The molecule has 0 spiro atoms. The molecule has 0 saturated carbocycles. The minimum atomic E-state index is 0.157. The van der Waals surface area contributed by atoms with Crippen LogP contribution in [0.2, 0.25) is 0 Å². The van der Waals surface area contributed by atoms with Gasteiger partial charge in [-0.3, -0.25) is 0 Å². The van der Waals surface area contributed by atoms with Gasteiger partial charge >= 0.3 is 0 Å². The average molecular weight is 326 g/mol. The minimum Gasteiger partial charge on any atom is -0.398 e. The lowest BCUT2D eigenvalue weighted by Crippen LogP contribution is -2.06. The topological polar surface area (TPSA) is 26.0 Å². The zero-order valence-corrected chi connectivity index (χ0v) is 16.1. The van der Waals surface area contributed by atoms with Crippen LogP contribution in [-0.2, 0) is 6.42 Å². The van der Waals surface area contributed by atoms with Crippen molar-refractivity contribution < 1.29 is 0 Å². The molecule has 0 aromatic heterocycles. The van der Waals surface area contributed by atoms with Gasteiger partial charge in [-0.05, 0) is 55.2 Å². The van der Waals surface area contributed by atoms with E-state index in [1.165, 1.54) is 24.8 Å². The molecule has 0 heterocycles. The van der Waals surface area contributed by atoms with Gasteiger partial charge in [0.15, 0.2) is 0 Å². The summed E-state index contributed by atoms with van der Waals surface area (Å²) in [6, 6.07) is 4.38. The molecule has 1 heteroatoms. The Labute approximate surface area is 149 Å². The number of hydrogen-bond donors (Lipinski definition) is 1. The molecule has 1 rings (SSSR count). The molecule has 0 radical (unpaired) electrons. The average Bonchev–Trinajstić information content (AvgIpc) is 2.53. The van der Waals surface area contributed by atoms with E-state index < -0.39 is 0 Å². The molecule has 1 aromatic rings. The van der Waals surface area contributed by atoms with Gasteiger partial charge in [0.05, 0.1) is 0 Å². The van der Waals surface area contributed by atoms with Crippen molar-refractivity contribution in [2.75, 3.05) is 5.73 Å². The number of nitrogens with two attached hydrogens (primary N) is 1. The van der Waals surface area contributed by atoms with Crippen LogP contribution >= 0.6 is 0 Å². The first-order chi connectivity index (χ1) is 11.4. The van der Waals surface area contributed by atoms with E-state index in [0.717, 1.165) is 36.1 Å². The molecule has 0 aliphatic rings. The van der Waals surface area contributed by atoms with Crippen molar-refractivity contribution in [2.45, 2.75) is 66.2 Å². The smallest absolute Gasteiger partial charge is 0.0396 e. The predicted molar refractivity (Wildman–Crippen MR) is 111 cm³/mol. The number of benzene rings is 1. The summed E-state index contributed by atoms with van der Waals surface area (Å²) in [5.74, 6) is 0. The first kappa shape index (κ1) is 20.3. The van der Waals surface area contributed by atoms with E-state index in [4.69, 9.17) is 5.73 Å². The maximum absolute atomic E-state index is 6.34.